The van der Waals surface area contributed by atoms with Gasteiger partial charge in [-0.25, -0.2) is 8.42 Å². The standard InChI is InChI=1S/C13H19NO4S/c15-11(16)13-6-9-4-10(13)7-12(5-9,8-13)14-2-1-3-19(14,17)18/h9-10H,1-8H2,(H,15,16). The van der Waals surface area contributed by atoms with E-state index in [-0.39, 0.29) is 17.2 Å². The molecule has 4 atom stereocenters. The van der Waals surface area contributed by atoms with Gasteiger partial charge in [-0.1, -0.05) is 0 Å². The van der Waals surface area contributed by atoms with Crippen LogP contribution in [0.15, 0.2) is 0 Å². The molecule has 4 aliphatic carbocycles. The molecule has 1 N–H and O–H groups in total. The molecule has 19 heavy (non-hydrogen) atoms. The molecule has 5 fully saturated rings. The maximum absolute atomic E-state index is 12.2. The van der Waals surface area contributed by atoms with Crippen molar-refractivity contribution < 1.29 is 18.3 Å². The van der Waals surface area contributed by atoms with Crippen LogP contribution in [0, 0.1) is 17.3 Å². The van der Waals surface area contributed by atoms with Crippen LogP contribution in [0.2, 0.25) is 0 Å². The molecule has 1 aliphatic heterocycles. The van der Waals surface area contributed by atoms with Crippen LogP contribution < -0.4 is 0 Å². The van der Waals surface area contributed by atoms with Gasteiger partial charge in [-0.3, -0.25) is 4.79 Å². The average Bonchev–Trinajstić information content (AvgIpc) is 2.85. The van der Waals surface area contributed by atoms with Crippen LogP contribution in [0.4, 0.5) is 0 Å². The van der Waals surface area contributed by atoms with Gasteiger partial charge in [0.25, 0.3) is 0 Å². The zero-order valence-electron chi connectivity index (χ0n) is 10.8. The first-order chi connectivity index (χ1) is 8.88. The summed E-state index contributed by atoms with van der Waals surface area (Å²) in [5, 5.41) is 9.63. The fraction of sp³-hybridized carbons (Fsp3) is 0.923. The molecule has 5 nitrogen and oxygen atoms in total. The lowest BCUT2D eigenvalue weighted by Gasteiger charge is -2.45. The van der Waals surface area contributed by atoms with Crippen molar-refractivity contribution in [2.24, 2.45) is 17.3 Å². The Hall–Kier alpha value is -0.620. The zero-order chi connectivity index (χ0) is 13.5. The first kappa shape index (κ1) is 12.1. The Balaban J connectivity index is 1.77. The van der Waals surface area contributed by atoms with Gasteiger partial charge in [0.1, 0.15) is 0 Å². The molecule has 106 valence electrons. The summed E-state index contributed by atoms with van der Waals surface area (Å²) in [6, 6.07) is 0. The number of nitrogens with zero attached hydrogens (tertiary/aromatic N) is 1. The van der Waals surface area contributed by atoms with Crippen LogP contribution in [0.1, 0.15) is 38.5 Å². The third kappa shape index (κ3) is 1.34. The predicted octanol–water partition coefficient (Wildman–Crippen LogP) is 1.06. The van der Waals surface area contributed by atoms with Gasteiger partial charge in [0.2, 0.25) is 10.0 Å². The van der Waals surface area contributed by atoms with Gasteiger partial charge in [0.15, 0.2) is 0 Å². The van der Waals surface area contributed by atoms with Gasteiger partial charge in [0, 0.05) is 12.1 Å². The molecule has 0 aromatic rings. The van der Waals surface area contributed by atoms with Gasteiger partial charge in [-0.2, -0.15) is 4.31 Å². The summed E-state index contributed by atoms with van der Waals surface area (Å²) in [6.07, 6.45) is 4.66. The highest BCUT2D eigenvalue weighted by Crippen LogP contribution is 2.69. The highest BCUT2D eigenvalue weighted by molar-refractivity contribution is 7.89. The van der Waals surface area contributed by atoms with Crippen LogP contribution >= 0.6 is 0 Å². The Kier molecular flexibility index (Phi) is 2.13. The molecule has 0 aromatic heterocycles. The van der Waals surface area contributed by atoms with Crippen molar-refractivity contribution in [3.8, 4) is 0 Å². The van der Waals surface area contributed by atoms with Crippen LogP contribution in [0.5, 0.6) is 0 Å². The molecule has 0 aromatic carbocycles. The molecule has 1 saturated heterocycles. The van der Waals surface area contributed by atoms with Gasteiger partial charge in [-0.15, -0.1) is 0 Å². The second kappa shape index (κ2) is 3.34. The summed E-state index contributed by atoms with van der Waals surface area (Å²) in [4.78, 5) is 11.7. The molecule has 4 bridgehead atoms. The minimum atomic E-state index is -3.15. The maximum atomic E-state index is 12.2. The fourth-order valence-electron chi connectivity index (χ4n) is 5.66. The van der Waals surface area contributed by atoms with E-state index < -0.39 is 21.4 Å². The van der Waals surface area contributed by atoms with Crippen LogP contribution in [0.25, 0.3) is 0 Å². The molecule has 0 amide bonds. The number of hydrogen-bond acceptors (Lipinski definition) is 3. The highest BCUT2D eigenvalue weighted by Gasteiger charge is 2.70. The SMILES string of the molecule is O=C(O)C12CC3CC1CC(N1CCCS1(=O)=O)(C3)C2. The number of hydrogen-bond donors (Lipinski definition) is 1. The Bertz CT molecular complexity index is 559. The summed E-state index contributed by atoms with van der Waals surface area (Å²) in [5.74, 6) is 0.154. The van der Waals surface area contributed by atoms with Crippen molar-refractivity contribution in [3.63, 3.8) is 0 Å². The summed E-state index contributed by atoms with van der Waals surface area (Å²) in [5.41, 5.74) is -0.986. The Morgan fingerprint density at radius 1 is 1.26 bits per heavy atom. The summed E-state index contributed by atoms with van der Waals surface area (Å²) < 4.78 is 26.1. The lowest BCUT2D eigenvalue weighted by Crippen LogP contribution is -2.52. The van der Waals surface area contributed by atoms with Crippen LogP contribution in [-0.4, -0.2) is 41.6 Å². The smallest absolute Gasteiger partial charge is 0.309 e. The molecule has 4 unspecified atom stereocenters. The Morgan fingerprint density at radius 3 is 2.63 bits per heavy atom. The fourth-order valence-corrected chi connectivity index (χ4v) is 7.58. The van der Waals surface area contributed by atoms with E-state index in [0.29, 0.717) is 25.3 Å². The van der Waals surface area contributed by atoms with E-state index in [1.807, 2.05) is 0 Å². The van der Waals surface area contributed by atoms with E-state index >= 15 is 0 Å². The number of carboxylic acid groups (broad SMARTS) is 1. The number of sulfonamides is 1. The number of carbonyl (C=O) groups is 1. The number of carboxylic acids is 1. The monoisotopic (exact) mass is 285 g/mol. The number of rotatable bonds is 2. The zero-order valence-corrected chi connectivity index (χ0v) is 11.7. The topological polar surface area (TPSA) is 74.7 Å². The minimum Gasteiger partial charge on any atom is -0.481 e. The van der Waals surface area contributed by atoms with Crippen molar-refractivity contribution >= 4 is 16.0 Å². The molecular weight excluding hydrogens is 266 g/mol. The molecular formula is C13H19NO4S. The van der Waals surface area contributed by atoms with Crippen LogP contribution in [0.3, 0.4) is 0 Å². The van der Waals surface area contributed by atoms with E-state index in [4.69, 9.17) is 0 Å². The molecule has 5 rings (SSSR count). The van der Waals surface area contributed by atoms with Crippen molar-refractivity contribution in [2.75, 3.05) is 12.3 Å². The van der Waals surface area contributed by atoms with Gasteiger partial charge in [-0.05, 0) is 50.4 Å². The predicted molar refractivity (Wildman–Crippen MR) is 68.0 cm³/mol. The quantitative estimate of drug-likeness (QED) is 0.823. The normalized spacial score (nSPS) is 50.9. The Morgan fingerprint density at radius 2 is 2.05 bits per heavy atom. The first-order valence-electron chi connectivity index (χ1n) is 7.12. The second-order valence-corrected chi connectivity index (χ2v) is 9.03. The van der Waals surface area contributed by atoms with Gasteiger partial charge < -0.3 is 5.11 Å². The molecule has 0 spiro atoms. The minimum absolute atomic E-state index is 0.194. The molecule has 6 heteroatoms. The lowest BCUT2D eigenvalue weighted by molar-refractivity contribution is -0.151. The Labute approximate surface area is 113 Å². The van der Waals surface area contributed by atoms with Gasteiger partial charge >= 0.3 is 5.97 Å². The molecule has 0 radical (unpaired) electrons. The third-order valence-electron chi connectivity index (χ3n) is 6.05. The van der Waals surface area contributed by atoms with E-state index in [1.165, 1.54) is 0 Å². The lowest BCUT2D eigenvalue weighted by atomic mass is 9.72. The van der Waals surface area contributed by atoms with E-state index in [0.717, 1.165) is 25.7 Å². The van der Waals surface area contributed by atoms with E-state index in [1.54, 1.807) is 4.31 Å². The average molecular weight is 285 g/mol. The maximum Gasteiger partial charge on any atom is 0.309 e. The number of aliphatic carboxylic acids is 1. The summed E-state index contributed by atoms with van der Waals surface area (Å²) >= 11 is 0. The third-order valence-corrected chi connectivity index (χ3v) is 8.09. The van der Waals surface area contributed by atoms with E-state index in [2.05, 4.69) is 0 Å². The van der Waals surface area contributed by atoms with Crippen molar-refractivity contribution in [2.45, 2.75) is 44.1 Å². The summed E-state index contributed by atoms with van der Waals surface area (Å²) in [6.45, 7) is 0.595. The van der Waals surface area contributed by atoms with Crippen LogP contribution in [-0.2, 0) is 14.8 Å². The second-order valence-electron chi connectivity index (χ2n) is 7.02. The molecule has 1 heterocycles. The summed E-state index contributed by atoms with van der Waals surface area (Å²) in [7, 11) is -3.15. The molecule has 5 aliphatic rings. The van der Waals surface area contributed by atoms with E-state index in [9.17, 15) is 18.3 Å². The molecule has 4 saturated carbocycles. The van der Waals surface area contributed by atoms with Crippen molar-refractivity contribution in [1.82, 2.24) is 4.31 Å². The largest absolute Gasteiger partial charge is 0.481 e. The van der Waals surface area contributed by atoms with Crippen molar-refractivity contribution in [3.05, 3.63) is 0 Å². The highest BCUT2D eigenvalue weighted by atomic mass is 32.2. The van der Waals surface area contributed by atoms with Gasteiger partial charge in [0.05, 0.1) is 11.2 Å². The van der Waals surface area contributed by atoms with Crippen molar-refractivity contribution in [1.29, 1.82) is 0 Å². The first-order valence-corrected chi connectivity index (χ1v) is 8.73.